The molecule has 0 heterocycles. The number of benzene rings is 2. The lowest BCUT2D eigenvalue weighted by molar-refractivity contribution is -0.142. The minimum atomic E-state index is -0.504. The van der Waals surface area contributed by atoms with E-state index in [1.807, 2.05) is 76.2 Å². The van der Waals surface area contributed by atoms with Gasteiger partial charge in [0.25, 0.3) is 5.91 Å². The summed E-state index contributed by atoms with van der Waals surface area (Å²) in [5.41, 5.74) is 3.43. The molecule has 30 heavy (non-hydrogen) atoms. The second kappa shape index (κ2) is 12.0. The van der Waals surface area contributed by atoms with Crippen molar-refractivity contribution >= 4 is 11.8 Å². The molecule has 2 aromatic rings. The number of nitrogens with zero attached hydrogens (tertiary/aromatic N) is 1. The van der Waals surface area contributed by atoms with E-state index in [1.165, 1.54) is 5.56 Å². The number of nitrogens with one attached hydrogen (secondary N) is 1. The van der Waals surface area contributed by atoms with Gasteiger partial charge in [-0.1, -0.05) is 50.2 Å². The molecule has 2 rings (SSSR count). The predicted molar refractivity (Wildman–Crippen MR) is 121 cm³/mol. The van der Waals surface area contributed by atoms with E-state index in [-0.39, 0.29) is 18.4 Å². The molecule has 1 N–H and O–H groups in total. The van der Waals surface area contributed by atoms with Crippen LogP contribution in [0.3, 0.4) is 0 Å². The number of rotatable bonds is 11. The summed E-state index contributed by atoms with van der Waals surface area (Å²) in [4.78, 5) is 27.5. The van der Waals surface area contributed by atoms with Gasteiger partial charge < -0.3 is 15.0 Å². The SMILES string of the molecule is CCCNC(=O)C(CC)N(CCc1ccccc1)C(=O)COc1ccc(C)c(C)c1. The highest BCUT2D eigenvalue weighted by atomic mass is 16.5. The van der Waals surface area contributed by atoms with Gasteiger partial charge in [-0.25, -0.2) is 0 Å². The fourth-order valence-electron chi connectivity index (χ4n) is 3.29. The summed E-state index contributed by atoms with van der Waals surface area (Å²) < 4.78 is 5.77. The van der Waals surface area contributed by atoms with Crippen LogP contribution in [-0.2, 0) is 16.0 Å². The monoisotopic (exact) mass is 410 g/mol. The molecule has 0 aliphatic heterocycles. The minimum Gasteiger partial charge on any atom is -0.484 e. The zero-order valence-electron chi connectivity index (χ0n) is 18.6. The highest BCUT2D eigenvalue weighted by Gasteiger charge is 2.28. The van der Waals surface area contributed by atoms with Crippen LogP contribution in [0.15, 0.2) is 48.5 Å². The zero-order chi connectivity index (χ0) is 21.9. The van der Waals surface area contributed by atoms with E-state index in [0.29, 0.717) is 31.7 Å². The molecule has 2 aromatic carbocycles. The van der Waals surface area contributed by atoms with Crippen molar-refractivity contribution in [3.05, 3.63) is 65.2 Å². The first-order valence-corrected chi connectivity index (χ1v) is 10.8. The van der Waals surface area contributed by atoms with Gasteiger partial charge in [0.05, 0.1) is 0 Å². The molecular formula is C25H34N2O3. The lowest BCUT2D eigenvalue weighted by Crippen LogP contribution is -2.51. The predicted octanol–water partition coefficient (Wildman–Crippen LogP) is 4.06. The molecule has 0 aromatic heterocycles. The third-order valence-electron chi connectivity index (χ3n) is 5.26. The number of hydrogen-bond donors (Lipinski definition) is 1. The van der Waals surface area contributed by atoms with Crippen LogP contribution >= 0.6 is 0 Å². The minimum absolute atomic E-state index is 0.0884. The Balaban J connectivity index is 2.11. The summed E-state index contributed by atoms with van der Waals surface area (Å²) in [6.45, 7) is 8.99. The second-order valence-electron chi connectivity index (χ2n) is 7.57. The maximum absolute atomic E-state index is 13.1. The molecule has 0 fully saturated rings. The summed E-state index contributed by atoms with van der Waals surface area (Å²) in [5.74, 6) is 0.382. The Hall–Kier alpha value is -2.82. The van der Waals surface area contributed by atoms with Gasteiger partial charge in [0.1, 0.15) is 11.8 Å². The van der Waals surface area contributed by atoms with E-state index in [2.05, 4.69) is 5.32 Å². The summed E-state index contributed by atoms with van der Waals surface area (Å²) >= 11 is 0. The van der Waals surface area contributed by atoms with Crippen molar-refractivity contribution < 1.29 is 14.3 Å². The van der Waals surface area contributed by atoms with Crippen LogP contribution in [0.1, 0.15) is 43.4 Å². The molecule has 1 unspecified atom stereocenters. The molecule has 0 spiro atoms. The van der Waals surface area contributed by atoms with Crippen molar-refractivity contribution in [3.63, 3.8) is 0 Å². The Bertz CT molecular complexity index is 820. The van der Waals surface area contributed by atoms with Crippen molar-refractivity contribution in [3.8, 4) is 5.75 Å². The third-order valence-corrected chi connectivity index (χ3v) is 5.26. The molecule has 0 saturated heterocycles. The average molecular weight is 411 g/mol. The summed E-state index contributed by atoms with van der Waals surface area (Å²) in [7, 11) is 0. The van der Waals surface area contributed by atoms with Crippen LogP contribution in [0, 0.1) is 13.8 Å². The van der Waals surface area contributed by atoms with Crippen molar-refractivity contribution in [2.24, 2.45) is 0 Å². The first-order valence-electron chi connectivity index (χ1n) is 10.8. The first-order chi connectivity index (χ1) is 14.5. The van der Waals surface area contributed by atoms with Gasteiger partial charge in [-0.3, -0.25) is 9.59 Å². The van der Waals surface area contributed by atoms with E-state index in [1.54, 1.807) is 4.90 Å². The van der Waals surface area contributed by atoms with Crippen molar-refractivity contribution in [1.29, 1.82) is 0 Å². The molecule has 162 valence electrons. The molecule has 2 amide bonds. The Labute approximate surface area is 180 Å². The highest BCUT2D eigenvalue weighted by molar-refractivity contribution is 5.88. The normalized spacial score (nSPS) is 11.6. The molecular weight excluding hydrogens is 376 g/mol. The molecule has 0 saturated carbocycles. The Morgan fingerprint density at radius 3 is 2.40 bits per heavy atom. The quantitative estimate of drug-likeness (QED) is 0.608. The fourth-order valence-corrected chi connectivity index (χ4v) is 3.29. The zero-order valence-corrected chi connectivity index (χ0v) is 18.6. The molecule has 5 nitrogen and oxygen atoms in total. The Morgan fingerprint density at radius 1 is 1.03 bits per heavy atom. The molecule has 0 aliphatic rings. The van der Waals surface area contributed by atoms with Crippen LogP contribution < -0.4 is 10.1 Å². The van der Waals surface area contributed by atoms with Crippen LogP contribution in [0.5, 0.6) is 5.75 Å². The molecule has 0 bridgehead atoms. The first kappa shape index (κ1) is 23.5. The number of aryl methyl sites for hydroxylation is 2. The number of carbonyl (C=O) groups excluding carboxylic acids is 2. The fraction of sp³-hybridized carbons (Fsp3) is 0.440. The van der Waals surface area contributed by atoms with E-state index < -0.39 is 6.04 Å². The standard InChI is InChI=1S/C25H34N2O3/c1-5-15-26-25(29)23(6-2)27(16-14-21-10-8-7-9-11-21)24(28)18-30-22-13-12-19(3)20(4)17-22/h7-13,17,23H,5-6,14-16,18H2,1-4H3,(H,26,29). The van der Waals surface area contributed by atoms with E-state index in [0.717, 1.165) is 17.5 Å². The summed E-state index contributed by atoms with van der Waals surface area (Å²) in [6.07, 6.45) is 2.10. The number of carbonyl (C=O) groups is 2. The number of ether oxygens (including phenoxy) is 1. The molecule has 0 aliphatic carbocycles. The highest BCUT2D eigenvalue weighted by Crippen LogP contribution is 2.17. The topological polar surface area (TPSA) is 58.6 Å². The van der Waals surface area contributed by atoms with Gasteiger partial charge in [0, 0.05) is 13.1 Å². The van der Waals surface area contributed by atoms with Gasteiger partial charge in [0.15, 0.2) is 6.61 Å². The smallest absolute Gasteiger partial charge is 0.261 e. The lowest BCUT2D eigenvalue weighted by atomic mass is 10.1. The number of amides is 2. The van der Waals surface area contributed by atoms with E-state index >= 15 is 0 Å². The summed E-state index contributed by atoms with van der Waals surface area (Å²) in [5, 5.41) is 2.93. The molecule has 5 heteroatoms. The van der Waals surface area contributed by atoms with Gasteiger partial charge in [-0.05, 0) is 61.9 Å². The van der Waals surface area contributed by atoms with Gasteiger partial charge in [0.2, 0.25) is 5.91 Å². The van der Waals surface area contributed by atoms with Gasteiger partial charge in [-0.2, -0.15) is 0 Å². The van der Waals surface area contributed by atoms with Gasteiger partial charge >= 0.3 is 0 Å². The Kier molecular flexibility index (Phi) is 9.39. The van der Waals surface area contributed by atoms with Crippen LogP contribution in [0.2, 0.25) is 0 Å². The van der Waals surface area contributed by atoms with Crippen molar-refractivity contribution in [2.75, 3.05) is 19.7 Å². The van der Waals surface area contributed by atoms with Crippen molar-refractivity contribution in [1.82, 2.24) is 10.2 Å². The van der Waals surface area contributed by atoms with Crippen molar-refractivity contribution in [2.45, 2.75) is 53.0 Å². The van der Waals surface area contributed by atoms with Crippen LogP contribution in [0.25, 0.3) is 0 Å². The largest absolute Gasteiger partial charge is 0.484 e. The maximum atomic E-state index is 13.1. The second-order valence-corrected chi connectivity index (χ2v) is 7.57. The summed E-state index contributed by atoms with van der Waals surface area (Å²) in [6, 6.07) is 15.3. The lowest BCUT2D eigenvalue weighted by Gasteiger charge is -2.30. The molecule has 0 radical (unpaired) electrons. The van der Waals surface area contributed by atoms with Crippen LogP contribution in [-0.4, -0.2) is 42.5 Å². The van der Waals surface area contributed by atoms with E-state index in [9.17, 15) is 9.59 Å². The maximum Gasteiger partial charge on any atom is 0.261 e. The molecule has 1 atom stereocenters. The van der Waals surface area contributed by atoms with Gasteiger partial charge in [-0.15, -0.1) is 0 Å². The third kappa shape index (κ3) is 6.90. The average Bonchev–Trinajstić information content (AvgIpc) is 2.76. The van der Waals surface area contributed by atoms with Crippen LogP contribution in [0.4, 0.5) is 0 Å². The van der Waals surface area contributed by atoms with E-state index in [4.69, 9.17) is 4.74 Å². The Morgan fingerprint density at radius 2 is 1.77 bits per heavy atom. The number of hydrogen-bond acceptors (Lipinski definition) is 3.